The van der Waals surface area contributed by atoms with Crippen molar-refractivity contribution in [1.82, 2.24) is 20.0 Å². The second-order valence-electron chi connectivity index (χ2n) is 5.32. The van der Waals surface area contributed by atoms with Crippen LogP contribution >= 0.6 is 0 Å². The lowest BCUT2D eigenvalue weighted by Crippen LogP contribution is -2.49. The summed E-state index contributed by atoms with van der Waals surface area (Å²) in [6.07, 6.45) is -0.395. The molecule has 112 valence electrons. The first-order valence-electron chi connectivity index (χ1n) is 7.06. The van der Waals surface area contributed by atoms with Gasteiger partial charge in [0, 0.05) is 53.4 Å². The first-order chi connectivity index (χ1) is 9.02. The highest BCUT2D eigenvalue weighted by molar-refractivity contribution is 5.77. The van der Waals surface area contributed by atoms with E-state index in [2.05, 4.69) is 10.2 Å². The molecule has 1 unspecified atom stereocenters. The minimum atomic E-state index is -0.395. The van der Waals surface area contributed by atoms with E-state index in [4.69, 9.17) is 0 Å². The molecule has 1 saturated heterocycles. The molecule has 0 radical (unpaired) electrons. The molecule has 0 bridgehead atoms. The summed E-state index contributed by atoms with van der Waals surface area (Å²) in [5.74, 6) is 0.0798. The predicted octanol–water partition coefficient (Wildman–Crippen LogP) is -1.34. The summed E-state index contributed by atoms with van der Waals surface area (Å²) >= 11 is 0. The number of likely N-dealkylation sites (N-methyl/N-ethyl adjacent to an activating group) is 2. The summed E-state index contributed by atoms with van der Waals surface area (Å²) in [6.45, 7) is 8.36. The molecule has 0 spiro atoms. The van der Waals surface area contributed by atoms with Crippen molar-refractivity contribution < 1.29 is 9.90 Å². The molecule has 19 heavy (non-hydrogen) atoms. The smallest absolute Gasteiger partial charge is 0.236 e. The molecule has 1 fully saturated rings. The zero-order valence-corrected chi connectivity index (χ0v) is 12.4. The van der Waals surface area contributed by atoms with Gasteiger partial charge in [-0.3, -0.25) is 14.6 Å². The number of piperazine rings is 1. The van der Waals surface area contributed by atoms with Crippen LogP contribution in [0, 0.1) is 0 Å². The number of amides is 1. The van der Waals surface area contributed by atoms with Crippen molar-refractivity contribution in [1.29, 1.82) is 0 Å². The zero-order chi connectivity index (χ0) is 14.3. The van der Waals surface area contributed by atoms with E-state index in [1.807, 2.05) is 11.8 Å². The number of rotatable bonds is 7. The minimum Gasteiger partial charge on any atom is -0.390 e. The molecule has 1 amide bonds. The Kier molecular flexibility index (Phi) is 7.30. The summed E-state index contributed by atoms with van der Waals surface area (Å²) in [4.78, 5) is 17.5. The third-order valence-corrected chi connectivity index (χ3v) is 3.45. The number of aliphatic hydroxyl groups is 1. The molecule has 1 aliphatic rings. The van der Waals surface area contributed by atoms with E-state index in [-0.39, 0.29) is 5.91 Å². The Bertz CT molecular complexity index is 267. The van der Waals surface area contributed by atoms with Gasteiger partial charge < -0.3 is 15.3 Å². The van der Waals surface area contributed by atoms with Crippen LogP contribution < -0.4 is 5.32 Å². The average molecular weight is 272 g/mol. The number of nitrogens with one attached hydrogen (secondary N) is 1. The number of hydrogen-bond donors (Lipinski definition) is 2. The molecule has 1 aliphatic heterocycles. The first kappa shape index (κ1) is 16.4. The van der Waals surface area contributed by atoms with Crippen LogP contribution in [-0.4, -0.2) is 98.3 Å². The van der Waals surface area contributed by atoms with Gasteiger partial charge in [-0.05, 0) is 6.54 Å². The van der Waals surface area contributed by atoms with Gasteiger partial charge in [0.15, 0.2) is 0 Å². The van der Waals surface area contributed by atoms with Crippen LogP contribution in [0.2, 0.25) is 0 Å². The zero-order valence-electron chi connectivity index (χ0n) is 12.4. The molecule has 0 aromatic rings. The second kappa shape index (κ2) is 8.47. The molecule has 1 atom stereocenters. The number of carbonyl (C=O) groups excluding carboxylic acids is 1. The van der Waals surface area contributed by atoms with Crippen molar-refractivity contribution in [3.8, 4) is 0 Å². The van der Waals surface area contributed by atoms with Crippen LogP contribution in [0.25, 0.3) is 0 Å². The Morgan fingerprint density at radius 2 is 2.00 bits per heavy atom. The third-order valence-electron chi connectivity index (χ3n) is 3.45. The highest BCUT2D eigenvalue weighted by Gasteiger charge is 2.18. The molecule has 1 heterocycles. The van der Waals surface area contributed by atoms with Crippen molar-refractivity contribution in [3.63, 3.8) is 0 Å². The Labute approximate surface area is 116 Å². The molecule has 0 aromatic carbocycles. The van der Waals surface area contributed by atoms with Gasteiger partial charge in [-0.15, -0.1) is 0 Å². The van der Waals surface area contributed by atoms with Crippen LogP contribution in [0.15, 0.2) is 0 Å². The van der Waals surface area contributed by atoms with E-state index in [1.165, 1.54) is 0 Å². The Morgan fingerprint density at radius 1 is 1.37 bits per heavy atom. The topological polar surface area (TPSA) is 59.1 Å². The SMILES string of the molecule is CCN(CC(=O)N(C)C)CC(O)CN1CCNCC1. The van der Waals surface area contributed by atoms with Gasteiger partial charge in [-0.2, -0.15) is 0 Å². The molecule has 0 aliphatic carbocycles. The van der Waals surface area contributed by atoms with Crippen molar-refractivity contribution >= 4 is 5.91 Å². The van der Waals surface area contributed by atoms with Gasteiger partial charge in [0.2, 0.25) is 5.91 Å². The highest BCUT2D eigenvalue weighted by atomic mass is 16.3. The maximum absolute atomic E-state index is 11.7. The van der Waals surface area contributed by atoms with Gasteiger partial charge in [0.1, 0.15) is 0 Å². The van der Waals surface area contributed by atoms with Crippen molar-refractivity contribution in [3.05, 3.63) is 0 Å². The average Bonchev–Trinajstić information content (AvgIpc) is 2.38. The fraction of sp³-hybridized carbons (Fsp3) is 0.923. The van der Waals surface area contributed by atoms with Gasteiger partial charge in [0.25, 0.3) is 0 Å². The van der Waals surface area contributed by atoms with Crippen LogP contribution in [0.1, 0.15) is 6.92 Å². The quantitative estimate of drug-likeness (QED) is 0.601. The van der Waals surface area contributed by atoms with E-state index in [0.717, 1.165) is 32.7 Å². The number of nitrogens with zero attached hydrogens (tertiary/aromatic N) is 3. The number of carbonyl (C=O) groups is 1. The Balaban J connectivity index is 2.31. The molecule has 2 N–H and O–H groups in total. The lowest BCUT2D eigenvalue weighted by molar-refractivity contribution is -0.130. The largest absolute Gasteiger partial charge is 0.390 e. The lowest BCUT2D eigenvalue weighted by Gasteiger charge is -2.31. The molecule has 0 saturated carbocycles. The number of aliphatic hydroxyl groups excluding tert-OH is 1. The van der Waals surface area contributed by atoms with Gasteiger partial charge >= 0.3 is 0 Å². The molecule has 1 rings (SSSR count). The van der Waals surface area contributed by atoms with E-state index in [9.17, 15) is 9.90 Å². The van der Waals surface area contributed by atoms with E-state index in [1.54, 1.807) is 19.0 Å². The predicted molar refractivity (Wildman–Crippen MR) is 76.1 cm³/mol. The van der Waals surface area contributed by atoms with Crippen molar-refractivity contribution in [2.75, 3.05) is 66.5 Å². The monoisotopic (exact) mass is 272 g/mol. The van der Waals surface area contributed by atoms with E-state index < -0.39 is 6.10 Å². The number of hydrogen-bond acceptors (Lipinski definition) is 5. The second-order valence-corrected chi connectivity index (χ2v) is 5.32. The number of β-amino-alcohol motifs (C(OH)–C–C–N with tert-alkyl or cyclic N) is 1. The molecular weight excluding hydrogens is 244 g/mol. The Morgan fingerprint density at radius 3 is 2.53 bits per heavy atom. The fourth-order valence-electron chi connectivity index (χ4n) is 2.19. The van der Waals surface area contributed by atoms with Crippen LogP contribution in [-0.2, 0) is 4.79 Å². The van der Waals surface area contributed by atoms with E-state index in [0.29, 0.717) is 19.6 Å². The fourth-order valence-corrected chi connectivity index (χ4v) is 2.19. The normalized spacial score (nSPS) is 18.6. The van der Waals surface area contributed by atoms with E-state index >= 15 is 0 Å². The van der Waals surface area contributed by atoms with Crippen molar-refractivity contribution in [2.45, 2.75) is 13.0 Å². The van der Waals surface area contributed by atoms with Crippen LogP contribution in [0.5, 0.6) is 0 Å². The third kappa shape index (κ3) is 6.33. The summed E-state index contributed by atoms with van der Waals surface area (Å²) in [7, 11) is 3.51. The maximum Gasteiger partial charge on any atom is 0.236 e. The summed E-state index contributed by atoms with van der Waals surface area (Å²) in [5.41, 5.74) is 0. The molecule has 0 aromatic heterocycles. The lowest BCUT2D eigenvalue weighted by atomic mass is 10.2. The highest BCUT2D eigenvalue weighted by Crippen LogP contribution is 1.99. The van der Waals surface area contributed by atoms with Gasteiger partial charge in [-0.1, -0.05) is 6.92 Å². The Hall–Kier alpha value is -0.690. The standard InChI is InChI=1S/C13H28N4O2/c1-4-16(11-13(19)15(2)3)9-12(18)10-17-7-5-14-6-8-17/h12,14,18H,4-11H2,1-3H3. The molecular formula is C13H28N4O2. The summed E-state index contributed by atoms with van der Waals surface area (Å²) in [5, 5.41) is 13.4. The molecule has 6 nitrogen and oxygen atoms in total. The van der Waals surface area contributed by atoms with Crippen LogP contribution in [0.4, 0.5) is 0 Å². The minimum absolute atomic E-state index is 0.0798. The maximum atomic E-state index is 11.7. The van der Waals surface area contributed by atoms with Crippen LogP contribution in [0.3, 0.4) is 0 Å². The summed E-state index contributed by atoms with van der Waals surface area (Å²) < 4.78 is 0. The first-order valence-corrected chi connectivity index (χ1v) is 7.06. The van der Waals surface area contributed by atoms with Gasteiger partial charge in [0.05, 0.1) is 12.6 Å². The van der Waals surface area contributed by atoms with Crippen molar-refractivity contribution in [2.24, 2.45) is 0 Å². The molecule has 6 heteroatoms. The summed E-state index contributed by atoms with van der Waals surface area (Å²) in [6, 6.07) is 0. The van der Waals surface area contributed by atoms with Gasteiger partial charge in [-0.25, -0.2) is 0 Å².